The van der Waals surface area contributed by atoms with E-state index in [-0.39, 0.29) is 17.6 Å². The number of piperazine rings is 1. The maximum atomic E-state index is 13.1. The van der Waals surface area contributed by atoms with E-state index in [0.29, 0.717) is 48.9 Å². The third-order valence-electron chi connectivity index (χ3n) is 5.20. The van der Waals surface area contributed by atoms with Crippen LogP contribution in [-0.4, -0.2) is 65.1 Å². The second-order valence-corrected chi connectivity index (χ2v) is 7.13. The first-order valence-electron chi connectivity index (χ1n) is 9.87. The van der Waals surface area contributed by atoms with Crippen molar-refractivity contribution >= 4 is 11.8 Å². The number of benzene rings is 2. The first-order chi connectivity index (χ1) is 15.0. The van der Waals surface area contributed by atoms with Crippen molar-refractivity contribution < 1.29 is 18.7 Å². The Hall–Kier alpha value is -3.81. The topological polar surface area (TPSA) is 75.6 Å². The SMILES string of the molecule is COc1ccc(-c2cccc(C(=O)N3CCN(C(=O)c4ccc(F)cc4)CC3)c2)nn1. The molecule has 0 N–H and O–H groups in total. The highest BCUT2D eigenvalue weighted by Gasteiger charge is 2.25. The summed E-state index contributed by atoms with van der Waals surface area (Å²) in [4.78, 5) is 29.0. The van der Waals surface area contributed by atoms with Gasteiger partial charge in [0.25, 0.3) is 11.8 Å². The molecular weight excluding hydrogens is 399 g/mol. The molecule has 31 heavy (non-hydrogen) atoms. The smallest absolute Gasteiger partial charge is 0.253 e. The van der Waals surface area contributed by atoms with Crippen molar-refractivity contribution in [2.45, 2.75) is 0 Å². The minimum absolute atomic E-state index is 0.0998. The van der Waals surface area contributed by atoms with E-state index in [0.717, 1.165) is 5.56 Å². The van der Waals surface area contributed by atoms with Crippen molar-refractivity contribution in [1.82, 2.24) is 20.0 Å². The van der Waals surface area contributed by atoms with Gasteiger partial charge in [-0.1, -0.05) is 12.1 Å². The normalized spacial score (nSPS) is 13.7. The van der Waals surface area contributed by atoms with Gasteiger partial charge in [-0.05, 0) is 42.5 Å². The van der Waals surface area contributed by atoms with Gasteiger partial charge in [-0.25, -0.2) is 4.39 Å². The molecule has 4 rings (SSSR count). The van der Waals surface area contributed by atoms with Crippen LogP contribution in [0.15, 0.2) is 60.7 Å². The van der Waals surface area contributed by atoms with Crippen LogP contribution in [-0.2, 0) is 0 Å². The molecule has 0 unspecified atom stereocenters. The van der Waals surface area contributed by atoms with Crippen LogP contribution in [0.2, 0.25) is 0 Å². The summed E-state index contributed by atoms with van der Waals surface area (Å²) in [6.07, 6.45) is 0. The van der Waals surface area contributed by atoms with Crippen LogP contribution in [0.5, 0.6) is 5.88 Å². The van der Waals surface area contributed by atoms with Crippen molar-refractivity contribution in [3.8, 4) is 17.1 Å². The zero-order valence-electron chi connectivity index (χ0n) is 17.0. The van der Waals surface area contributed by atoms with E-state index in [4.69, 9.17) is 4.74 Å². The van der Waals surface area contributed by atoms with Crippen molar-refractivity contribution in [3.05, 3.63) is 77.6 Å². The van der Waals surface area contributed by atoms with E-state index in [1.54, 1.807) is 34.1 Å². The molecule has 1 aliphatic rings. The molecule has 1 saturated heterocycles. The summed E-state index contributed by atoms with van der Waals surface area (Å²) in [5, 5.41) is 8.10. The number of nitrogens with zero attached hydrogens (tertiary/aromatic N) is 4. The minimum Gasteiger partial charge on any atom is -0.480 e. The van der Waals surface area contributed by atoms with Crippen LogP contribution in [0, 0.1) is 5.82 Å². The zero-order valence-corrected chi connectivity index (χ0v) is 17.0. The molecule has 0 aliphatic carbocycles. The standard InChI is InChI=1S/C23H21FN4O3/c1-31-21-10-9-20(25-26-21)17-3-2-4-18(15-17)23(30)28-13-11-27(12-14-28)22(29)16-5-7-19(24)8-6-16/h2-10,15H,11-14H2,1H3. The summed E-state index contributed by atoms with van der Waals surface area (Å²) in [6, 6.07) is 16.2. The molecule has 0 bridgehead atoms. The van der Waals surface area contributed by atoms with Crippen molar-refractivity contribution in [3.63, 3.8) is 0 Å². The summed E-state index contributed by atoms with van der Waals surface area (Å²) in [5.41, 5.74) is 2.42. The molecule has 8 heteroatoms. The maximum absolute atomic E-state index is 13.1. The van der Waals surface area contributed by atoms with E-state index in [2.05, 4.69) is 10.2 Å². The molecule has 0 radical (unpaired) electrons. The quantitative estimate of drug-likeness (QED) is 0.649. The first-order valence-corrected chi connectivity index (χ1v) is 9.87. The molecule has 2 heterocycles. The summed E-state index contributed by atoms with van der Waals surface area (Å²) in [6.45, 7) is 1.70. The predicted molar refractivity (Wildman–Crippen MR) is 112 cm³/mol. The molecule has 2 aromatic carbocycles. The van der Waals surface area contributed by atoms with Crippen molar-refractivity contribution in [2.75, 3.05) is 33.3 Å². The summed E-state index contributed by atoms with van der Waals surface area (Å²) in [5.74, 6) is -0.219. The Bertz CT molecular complexity index is 1080. The second-order valence-electron chi connectivity index (χ2n) is 7.13. The highest BCUT2D eigenvalue weighted by Crippen LogP contribution is 2.20. The fourth-order valence-corrected chi connectivity index (χ4v) is 3.46. The lowest BCUT2D eigenvalue weighted by Crippen LogP contribution is -2.50. The largest absolute Gasteiger partial charge is 0.480 e. The third kappa shape index (κ3) is 4.53. The highest BCUT2D eigenvalue weighted by atomic mass is 19.1. The fourth-order valence-electron chi connectivity index (χ4n) is 3.46. The second kappa shape index (κ2) is 8.91. The molecule has 3 aromatic rings. The van der Waals surface area contributed by atoms with Gasteiger partial charge in [0.1, 0.15) is 5.82 Å². The van der Waals surface area contributed by atoms with E-state index in [9.17, 15) is 14.0 Å². The lowest BCUT2D eigenvalue weighted by Gasteiger charge is -2.35. The average Bonchev–Trinajstić information content (AvgIpc) is 2.84. The number of carbonyl (C=O) groups excluding carboxylic acids is 2. The van der Waals surface area contributed by atoms with Crippen molar-refractivity contribution in [2.24, 2.45) is 0 Å². The predicted octanol–water partition coefficient (Wildman–Crippen LogP) is 2.89. The average molecular weight is 420 g/mol. The number of hydrogen-bond acceptors (Lipinski definition) is 5. The molecule has 158 valence electrons. The van der Waals surface area contributed by atoms with Crippen LogP contribution in [0.4, 0.5) is 4.39 Å². The molecule has 7 nitrogen and oxygen atoms in total. The molecule has 1 aliphatic heterocycles. The maximum Gasteiger partial charge on any atom is 0.253 e. The minimum atomic E-state index is -0.380. The molecule has 0 saturated carbocycles. The number of aromatic nitrogens is 2. The van der Waals surface area contributed by atoms with E-state index in [1.807, 2.05) is 12.1 Å². The van der Waals surface area contributed by atoms with Crippen LogP contribution in [0.25, 0.3) is 11.3 Å². The molecule has 1 fully saturated rings. The fraction of sp³-hybridized carbons (Fsp3) is 0.217. The van der Waals surface area contributed by atoms with E-state index in [1.165, 1.54) is 31.4 Å². The molecule has 2 amide bonds. The number of carbonyl (C=O) groups is 2. The lowest BCUT2D eigenvalue weighted by atomic mass is 10.1. The number of halogens is 1. The Labute approximate surface area is 179 Å². The monoisotopic (exact) mass is 420 g/mol. The van der Waals surface area contributed by atoms with Crippen LogP contribution in [0.1, 0.15) is 20.7 Å². The number of methoxy groups -OCH3 is 1. The van der Waals surface area contributed by atoms with Crippen LogP contribution in [0.3, 0.4) is 0 Å². The van der Waals surface area contributed by atoms with Gasteiger partial charge in [-0.3, -0.25) is 9.59 Å². The summed E-state index contributed by atoms with van der Waals surface area (Å²) < 4.78 is 18.1. The van der Waals surface area contributed by atoms with E-state index < -0.39 is 0 Å². The van der Waals surface area contributed by atoms with Crippen LogP contribution >= 0.6 is 0 Å². The first kappa shape index (κ1) is 20.5. The molecule has 0 atom stereocenters. The van der Waals surface area contributed by atoms with Crippen molar-refractivity contribution in [1.29, 1.82) is 0 Å². The highest BCUT2D eigenvalue weighted by molar-refractivity contribution is 5.96. The number of amides is 2. The molecular formula is C23H21FN4O3. The van der Waals surface area contributed by atoms with Crippen LogP contribution < -0.4 is 4.74 Å². The Balaban J connectivity index is 1.41. The zero-order chi connectivity index (χ0) is 21.8. The Morgan fingerprint density at radius 1 is 0.839 bits per heavy atom. The number of rotatable bonds is 4. The van der Waals surface area contributed by atoms with Gasteiger partial charge in [0, 0.05) is 48.9 Å². The van der Waals surface area contributed by atoms with E-state index >= 15 is 0 Å². The Morgan fingerprint density at radius 2 is 1.48 bits per heavy atom. The lowest BCUT2D eigenvalue weighted by molar-refractivity contribution is 0.0535. The van der Waals surface area contributed by atoms with Gasteiger partial charge in [-0.15, -0.1) is 10.2 Å². The van der Waals surface area contributed by atoms with Gasteiger partial charge >= 0.3 is 0 Å². The Kier molecular flexibility index (Phi) is 5.88. The molecule has 0 spiro atoms. The number of ether oxygens (including phenoxy) is 1. The Morgan fingerprint density at radius 3 is 2.06 bits per heavy atom. The number of hydrogen-bond donors (Lipinski definition) is 0. The molecule has 1 aromatic heterocycles. The summed E-state index contributed by atoms with van der Waals surface area (Å²) in [7, 11) is 1.52. The van der Waals surface area contributed by atoms with Gasteiger partial charge in [0.15, 0.2) is 0 Å². The van der Waals surface area contributed by atoms with Gasteiger partial charge in [-0.2, -0.15) is 0 Å². The third-order valence-corrected chi connectivity index (χ3v) is 5.20. The summed E-state index contributed by atoms with van der Waals surface area (Å²) >= 11 is 0. The van der Waals surface area contributed by atoms with Gasteiger partial charge in [0.05, 0.1) is 12.8 Å². The van der Waals surface area contributed by atoms with Gasteiger partial charge < -0.3 is 14.5 Å². The van der Waals surface area contributed by atoms with Gasteiger partial charge in [0.2, 0.25) is 5.88 Å².